The first-order valence-electron chi connectivity index (χ1n) is 7.85. The van der Waals surface area contributed by atoms with Gasteiger partial charge in [-0.2, -0.15) is 0 Å². The van der Waals surface area contributed by atoms with Crippen LogP contribution < -0.4 is 5.32 Å². The fourth-order valence-corrected chi connectivity index (χ4v) is 3.75. The lowest BCUT2D eigenvalue weighted by molar-refractivity contribution is 0.0637. The summed E-state index contributed by atoms with van der Waals surface area (Å²) in [6.45, 7) is 2.57. The average molecular weight is 384 g/mol. The number of carbonyl (C=O) groups excluding carboxylic acids is 2. The van der Waals surface area contributed by atoms with Gasteiger partial charge in [-0.15, -0.1) is 0 Å². The van der Waals surface area contributed by atoms with Gasteiger partial charge in [-0.3, -0.25) is 4.79 Å². The van der Waals surface area contributed by atoms with Crippen molar-refractivity contribution in [3.8, 4) is 0 Å². The van der Waals surface area contributed by atoms with Gasteiger partial charge in [0.05, 0.1) is 5.56 Å². The van der Waals surface area contributed by atoms with Crippen molar-refractivity contribution in [3.63, 3.8) is 0 Å². The number of halogens is 2. The van der Waals surface area contributed by atoms with Crippen LogP contribution >= 0.6 is 15.9 Å². The fraction of sp³-hybridized carbons (Fsp3) is 0.500. The molecule has 0 saturated carbocycles. The number of carbonyl (C=O) groups is 2. The molecule has 5 nitrogen and oxygen atoms in total. The summed E-state index contributed by atoms with van der Waals surface area (Å²) in [5.41, 5.74) is 0.0849. The summed E-state index contributed by atoms with van der Waals surface area (Å²) in [5.74, 6) is -0.807. The van der Waals surface area contributed by atoms with Crippen molar-refractivity contribution in [1.29, 1.82) is 0 Å². The SMILES string of the molecule is O=C(c1c(F)cccc1Br)N1CCC(N2CCCNC2=O)CC1. The van der Waals surface area contributed by atoms with Crippen LogP contribution in [0.15, 0.2) is 22.7 Å². The Labute approximate surface area is 142 Å². The van der Waals surface area contributed by atoms with Gasteiger partial charge in [-0.05, 0) is 47.3 Å². The summed E-state index contributed by atoms with van der Waals surface area (Å²) in [4.78, 5) is 28.0. The molecule has 124 valence electrons. The molecule has 0 unspecified atom stereocenters. The van der Waals surface area contributed by atoms with E-state index >= 15 is 0 Å². The fourth-order valence-electron chi connectivity index (χ4n) is 3.24. The molecule has 0 spiro atoms. The van der Waals surface area contributed by atoms with E-state index in [0.29, 0.717) is 17.6 Å². The van der Waals surface area contributed by atoms with Gasteiger partial charge >= 0.3 is 6.03 Å². The molecule has 3 amide bonds. The Morgan fingerprint density at radius 1 is 1.26 bits per heavy atom. The molecule has 0 bridgehead atoms. The predicted molar refractivity (Wildman–Crippen MR) is 87.7 cm³/mol. The Balaban J connectivity index is 1.65. The molecule has 0 radical (unpaired) electrons. The molecular weight excluding hydrogens is 365 g/mol. The van der Waals surface area contributed by atoms with E-state index in [0.717, 1.165) is 32.4 Å². The van der Waals surface area contributed by atoms with Crippen LogP contribution in [0.4, 0.5) is 9.18 Å². The quantitative estimate of drug-likeness (QED) is 0.853. The highest BCUT2D eigenvalue weighted by molar-refractivity contribution is 9.10. The first-order chi connectivity index (χ1) is 11.1. The standard InChI is InChI=1S/C16H19BrFN3O2/c17-12-3-1-4-13(18)14(12)15(22)20-9-5-11(6-10-20)21-8-2-7-19-16(21)23/h1,3-4,11H,2,5-10H2,(H,19,23). The molecule has 2 saturated heterocycles. The van der Waals surface area contributed by atoms with Gasteiger partial charge in [0, 0.05) is 36.7 Å². The third-order valence-corrected chi connectivity index (χ3v) is 5.14. The zero-order valence-electron chi connectivity index (χ0n) is 12.7. The maximum absolute atomic E-state index is 13.9. The lowest BCUT2D eigenvalue weighted by Crippen LogP contribution is -2.54. The van der Waals surface area contributed by atoms with Gasteiger partial charge in [0.25, 0.3) is 5.91 Å². The Hall–Kier alpha value is -1.63. The zero-order chi connectivity index (χ0) is 16.4. The summed E-state index contributed by atoms with van der Waals surface area (Å²) in [5, 5.41) is 2.85. The normalized spacial score (nSPS) is 19.7. The van der Waals surface area contributed by atoms with Crippen molar-refractivity contribution in [1.82, 2.24) is 15.1 Å². The van der Waals surface area contributed by atoms with Crippen LogP contribution in [0.5, 0.6) is 0 Å². The molecule has 0 aromatic heterocycles. The minimum absolute atomic E-state index is 0.0159. The molecule has 2 heterocycles. The maximum atomic E-state index is 13.9. The summed E-state index contributed by atoms with van der Waals surface area (Å²) >= 11 is 3.25. The molecule has 0 aliphatic carbocycles. The Kier molecular flexibility index (Phi) is 4.84. The summed E-state index contributed by atoms with van der Waals surface area (Å²) < 4.78 is 14.4. The summed E-state index contributed by atoms with van der Waals surface area (Å²) in [6, 6.07) is 4.67. The zero-order valence-corrected chi connectivity index (χ0v) is 14.3. The van der Waals surface area contributed by atoms with Crippen LogP contribution in [0.25, 0.3) is 0 Å². The summed E-state index contributed by atoms with van der Waals surface area (Å²) in [6.07, 6.45) is 2.41. The monoisotopic (exact) mass is 383 g/mol. The number of nitrogens with one attached hydrogen (secondary N) is 1. The van der Waals surface area contributed by atoms with Crippen LogP contribution in [0.1, 0.15) is 29.6 Å². The van der Waals surface area contributed by atoms with Crippen LogP contribution in [0.2, 0.25) is 0 Å². The second-order valence-electron chi connectivity index (χ2n) is 5.90. The first-order valence-corrected chi connectivity index (χ1v) is 8.65. The van der Waals surface area contributed by atoms with Crippen LogP contribution in [-0.2, 0) is 0 Å². The lowest BCUT2D eigenvalue weighted by Gasteiger charge is -2.40. The highest BCUT2D eigenvalue weighted by Crippen LogP contribution is 2.24. The van der Waals surface area contributed by atoms with Crippen molar-refractivity contribution in [2.24, 2.45) is 0 Å². The van der Waals surface area contributed by atoms with Crippen LogP contribution in [0, 0.1) is 5.82 Å². The van der Waals surface area contributed by atoms with E-state index in [-0.39, 0.29) is 23.5 Å². The molecule has 2 fully saturated rings. The second-order valence-corrected chi connectivity index (χ2v) is 6.75. The first kappa shape index (κ1) is 16.2. The lowest BCUT2D eigenvalue weighted by atomic mass is 10.0. The predicted octanol–water partition coefficient (Wildman–Crippen LogP) is 2.61. The number of rotatable bonds is 2. The van der Waals surface area contributed by atoms with E-state index < -0.39 is 5.82 Å². The van der Waals surface area contributed by atoms with E-state index in [2.05, 4.69) is 21.2 Å². The molecule has 23 heavy (non-hydrogen) atoms. The minimum Gasteiger partial charge on any atom is -0.338 e. The largest absolute Gasteiger partial charge is 0.338 e. The number of urea groups is 1. The molecule has 1 N–H and O–H groups in total. The molecule has 1 aromatic carbocycles. The van der Waals surface area contributed by atoms with Crippen molar-refractivity contribution in [2.75, 3.05) is 26.2 Å². The minimum atomic E-state index is -0.512. The van der Waals surface area contributed by atoms with E-state index in [9.17, 15) is 14.0 Å². The Bertz CT molecular complexity index is 597. The molecule has 2 aliphatic heterocycles. The average Bonchev–Trinajstić information content (AvgIpc) is 2.55. The van der Waals surface area contributed by atoms with Gasteiger partial charge in [0.1, 0.15) is 5.82 Å². The van der Waals surface area contributed by atoms with Gasteiger partial charge in [0.2, 0.25) is 0 Å². The molecule has 2 aliphatic rings. The highest BCUT2D eigenvalue weighted by Gasteiger charge is 2.32. The number of piperidine rings is 1. The third kappa shape index (κ3) is 3.34. The number of nitrogens with zero attached hydrogens (tertiary/aromatic N) is 2. The van der Waals surface area contributed by atoms with Gasteiger partial charge < -0.3 is 15.1 Å². The van der Waals surface area contributed by atoms with Gasteiger partial charge in [0.15, 0.2) is 0 Å². The van der Waals surface area contributed by atoms with Crippen molar-refractivity contribution in [3.05, 3.63) is 34.1 Å². The van der Waals surface area contributed by atoms with Gasteiger partial charge in [-0.25, -0.2) is 9.18 Å². The molecule has 3 rings (SSSR count). The number of benzene rings is 1. The number of hydrogen-bond acceptors (Lipinski definition) is 2. The van der Waals surface area contributed by atoms with Crippen LogP contribution in [0.3, 0.4) is 0 Å². The number of likely N-dealkylation sites (tertiary alicyclic amines) is 1. The summed E-state index contributed by atoms with van der Waals surface area (Å²) in [7, 11) is 0. The molecular formula is C16H19BrFN3O2. The molecule has 1 aromatic rings. The van der Waals surface area contributed by atoms with Crippen LogP contribution in [-0.4, -0.2) is 54.0 Å². The highest BCUT2D eigenvalue weighted by atomic mass is 79.9. The second kappa shape index (κ2) is 6.86. The van der Waals surface area contributed by atoms with E-state index in [1.165, 1.54) is 6.07 Å². The van der Waals surface area contributed by atoms with Crippen molar-refractivity contribution in [2.45, 2.75) is 25.3 Å². The Morgan fingerprint density at radius 2 is 2.00 bits per heavy atom. The molecule has 7 heteroatoms. The van der Waals surface area contributed by atoms with Crippen molar-refractivity contribution >= 4 is 27.9 Å². The topological polar surface area (TPSA) is 52.7 Å². The van der Waals surface area contributed by atoms with E-state index in [1.807, 2.05) is 4.90 Å². The van der Waals surface area contributed by atoms with E-state index in [4.69, 9.17) is 0 Å². The number of hydrogen-bond donors (Lipinski definition) is 1. The Morgan fingerprint density at radius 3 is 2.65 bits per heavy atom. The van der Waals surface area contributed by atoms with E-state index in [1.54, 1.807) is 17.0 Å². The van der Waals surface area contributed by atoms with Crippen molar-refractivity contribution < 1.29 is 14.0 Å². The third-order valence-electron chi connectivity index (χ3n) is 4.48. The maximum Gasteiger partial charge on any atom is 0.317 e. The van der Waals surface area contributed by atoms with Gasteiger partial charge in [-0.1, -0.05) is 6.07 Å². The number of amides is 3. The smallest absolute Gasteiger partial charge is 0.317 e. The molecule has 0 atom stereocenters.